The highest BCUT2D eigenvalue weighted by Gasteiger charge is 2.56. The average Bonchev–Trinajstić information content (AvgIpc) is 2.97. The smallest absolute Gasteiger partial charge is 0.338 e. The summed E-state index contributed by atoms with van der Waals surface area (Å²) in [4.78, 5) is 13.6. The zero-order valence-electron chi connectivity index (χ0n) is 11.0. The molecule has 5 heteroatoms. The number of hydrogen-bond donors (Lipinski definition) is 0. The van der Waals surface area contributed by atoms with Crippen LogP contribution in [-0.4, -0.2) is 32.6 Å². The fourth-order valence-electron chi connectivity index (χ4n) is 1.86. The highest BCUT2D eigenvalue weighted by molar-refractivity contribution is 5.89. The molecule has 0 heterocycles. The van der Waals surface area contributed by atoms with Crippen molar-refractivity contribution in [2.45, 2.75) is 18.8 Å². The molecule has 0 radical (unpaired) electrons. The van der Waals surface area contributed by atoms with Crippen LogP contribution in [0.4, 0.5) is 14.5 Å². The Hall–Kier alpha value is -1.65. The van der Waals surface area contributed by atoms with Crippen molar-refractivity contribution in [1.82, 2.24) is 0 Å². The number of halogens is 2. The third-order valence-corrected chi connectivity index (χ3v) is 3.27. The Morgan fingerprint density at radius 1 is 1.37 bits per heavy atom. The number of rotatable bonds is 5. The van der Waals surface area contributed by atoms with Gasteiger partial charge in [0.2, 0.25) is 0 Å². The Kier molecular flexibility index (Phi) is 3.73. The third-order valence-electron chi connectivity index (χ3n) is 3.27. The summed E-state index contributed by atoms with van der Waals surface area (Å²) in [5.74, 6) is -3.62. The number of anilines is 1. The van der Waals surface area contributed by atoms with Gasteiger partial charge < -0.3 is 9.64 Å². The quantitative estimate of drug-likeness (QED) is 0.770. The molecule has 2 rings (SSSR count). The number of hydrogen-bond acceptors (Lipinski definition) is 3. The molecule has 1 fully saturated rings. The van der Waals surface area contributed by atoms with Crippen LogP contribution in [0.25, 0.3) is 0 Å². The molecule has 1 aliphatic carbocycles. The highest BCUT2D eigenvalue weighted by atomic mass is 19.3. The molecular formula is C14H17F2NO2. The van der Waals surface area contributed by atoms with Gasteiger partial charge in [-0.15, -0.1) is 0 Å². The number of nitrogens with zero attached hydrogens (tertiary/aromatic N) is 1. The standard InChI is InChI=1S/C14H17F2NO2/c1-17(2)12-5-3-10(4-6-12)13(18)19-8-7-11-9-14(11,15)16/h3-6,11H,7-9H2,1-2H3. The molecule has 0 N–H and O–H groups in total. The average molecular weight is 269 g/mol. The van der Waals surface area contributed by atoms with Crippen LogP contribution < -0.4 is 4.90 Å². The van der Waals surface area contributed by atoms with Gasteiger partial charge in [0, 0.05) is 32.1 Å². The van der Waals surface area contributed by atoms with Gasteiger partial charge in [-0.25, -0.2) is 13.6 Å². The Bertz CT molecular complexity index is 457. The number of esters is 1. The normalized spacial score (nSPS) is 19.9. The summed E-state index contributed by atoms with van der Waals surface area (Å²) in [6, 6.07) is 6.96. The van der Waals surface area contributed by atoms with Crippen molar-refractivity contribution in [3.05, 3.63) is 29.8 Å². The van der Waals surface area contributed by atoms with Crippen LogP contribution in [0, 0.1) is 5.92 Å². The molecule has 0 bridgehead atoms. The van der Waals surface area contributed by atoms with Gasteiger partial charge in [0.25, 0.3) is 5.92 Å². The minimum absolute atomic E-state index is 0.0501. The van der Waals surface area contributed by atoms with E-state index in [1.54, 1.807) is 12.1 Å². The molecular weight excluding hydrogens is 252 g/mol. The lowest BCUT2D eigenvalue weighted by Gasteiger charge is -2.12. The Morgan fingerprint density at radius 3 is 2.42 bits per heavy atom. The van der Waals surface area contributed by atoms with Gasteiger partial charge in [-0.1, -0.05) is 0 Å². The zero-order valence-corrected chi connectivity index (χ0v) is 11.0. The van der Waals surface area contributed by atoms with E-state index >= 15 is 0 Å². The molecule has 0 aliphatic heterocycles. The first-order valence-electron chi connectivity index (χ1n) is 6.22. The summed E-state index contributed by atoms with van der Waals surface area (Å²) in [5, 5.41) is 0. The summed E-state index contributed by atoms with van der Waals surface area (Å²) in [5.41, 5.74) is 1.42. The first kappa shape index (κ1) is 13.8. The summed E-state index contributed by atoms with van der Waals surface area (Å²) in [7, 11) is 3.81. The lowest BCUT2D eigenvalue weighted by Crippen LogP contribution is -2.10. The predicted molar refractivity (Wildman–Crippen MR) is 68.7 cm³/mol. The number of benzene rings is 1. The molecule has 0 saturated heterocycles. The minimum Gasteiger partial charge on any atom is -0.462 e. The minimum atomic E-state index is -2.54. The maximum atomic E-state index is 12.6. The van der Waals surface area contributed by atoms with E-state index in [0.29, 0.717) is 5.56 Å². The first-order chi connectivity index (χ1) is 8.90. The number of ether oxygens (including phenoxy) is 1. The fraction of sp³-hybridized carbons (Fsp3) is 0.500. The van der Waals surface area contributed by atoms with E-state index in [2.05, 4.69) is 0 Å². The molecule has 19 heavy (non-hydrogen) atoms. The van der Waals surface area contributed by atoms with E-state index in [1.165, 1.54) is 0 Å². The molecule has 0 amide bonds. The Morgan fingerprint density at radius 2 is 1.95 bits per heavy atom. The molecule has 1 saturated carbocycles. The molecule has 1 aromatic rings. The predicted octanol–water partition coefficient (Wildman–Crippen LogP) is 2.95. The topological polar surface area (TPSA) is 29.5 Å². The summed E-state index contributed by atoms with van der Waals surface area (Å²) >= 11 is 0. The van der Waals surface area contributed by atoms with Gasteiger partial charge in [-0.05, 0) is 30.7 Å². The van der Waals surface area contributed by atoms with Crippen molar-refractivity contribution in [2.75, 3.05) is 25.6 Å². The van der Waals surface area contributed by atoms with Gasteiger partial charge in [-0.2, -0.15) is 0 Å². The van der Waals surface area contributed by atoms with Crippen LogP contribution in [0.3, 0.4) is 0 Å². The second-order valence-corrected chi connectivity index (χ2v) is 5.03. The fourth-order valence-corrected chi connectivity index (χ4v) is 1.86. The van der Waals surface area contributed by atoms with Crippen LogP contribution in [0.15, 0.2) is 24.3 Å². The van der Waals surface area contributed by atoms with Crippen LogP contribution in [0.1, 0.15) is 23.2 Å². The van der Waals surface area contributed by atoms with E-state index in [-0.39, 0.29) is 19.4 Å². The number of alkyl halides is 2. The van der Waals surface area contributed by atoms with Crippen molar-refractivity contribution in [2.24, 2.45) is 5.92 Å². The molecule has 0 aromatic heterocycles. The van der Waals surface area contributed by atoms with Crippen LogP contribution >= 0.6 is 0 Å². The summed E-state index contributed by atoms with van der Waals surface area (Å²) in [6.07, 6.45) is 0.149. The van der Waals surface area contributed by atoms with Gasteiger partial charge >= 0.3 is 5.97 Å². The van der Waals surface area contributed by atoms with Crippen LogP contribution in [0.2, 0.25) is 0 Å². The lowest BCUT2D eigenvalue weighted by atomic mass is 10.2. The molecule has 104 valence electrons. The Labute approximate surface area is 111 Å². The Balaban J connectivity index is 1.79. The monoisotopic (exact) mass is 269 g/mol. The molecule has 1 unspecified atom stereocenters. The third kappa shape index (κ3) is 3.43. The van der Waals surface area contributed by atoms with Gasteiger partial charge in [-0.3, -0.25) is 0 Å². The molecule has 1 aliphatic rings. The van der Waals surface area contributed by atoms with Crippen LogP contribution in [0.5, 0.6) is 0 Å². The van der Waals surface area contributed by atoms with Crippen molar-refractivity contribution in [3.63, 3.8) is 0 Å². The van der Waals surface area contributed by atoms with E-state index in [0.717, 1.165) is 5.69 Å². The van der Waals surface area contributed by atoms with Gasteiger partial charge in [0.05, 0.1) is 12.2 Å². The van der Waals surface area contributed by atoms with Gasteiger partial charge in [0.1, 0.15) is 0 Å². The van der Waals surface area contributed by atoms with Crippen molar-refractivity contribution in [3.8, 4) is 0 Å². The summed E-state index contributed by atoms with van der Waals surface area (Å²) in [6.45, 7) is 0.0501. The molecule has 0 spiro atoms. The first-order valence-corrected chi connectivity index (χ1v) is 6.22. The maximum absolute atomic E-state index is 12.6. The van der Waals surface area contributed by atoms with E-state index in [1.807, 2.05) is 31.1 Å². The highest BCUT2D eigenvalue weighted by Crippen LogP contribution is 2.50. The number of carbonyl (C=O) groups excluding carboxylic acids is 1. The summed E-state index contributed by atoms with van der Waals surface area (Å²) < 4.78 is 30.2. The van der Waals surface area contributed by atoms with Crippen LogP contribution in [-0.2, 0) is 4.74 Å². The van der Waals surface area contributed by atoms with Crippen molar-refractivity contribution in [1.29, 1.82) is 0 Å². The van der Waals surface area contributed by atoms with Gasteiger partial charge in [0.15, 0.2) is 0 Å². The number of carbonyl (C=O) groups is 1. The van der Waals surface area contributed by atoms with E-state index in [9.17, 15) is 13.6 Å². The molecule has 3 nitrogen and oxygen atoms in total. The molecule has 1 atom stereocenters. The SMILES string of the molecule is CN(C)c1ccc(C(=O)OCCC2CC2(F)F)cc1. The lowest BCUT2D eigenvalue weighted by molar-refractivity contribution is 0.0452. The van der Waals surface area contributed by atoms with E-state index in [4.69, 9.17) is 4.74 Å². The van der Waals surface area contributed by atoms with E-state index < -0.39 is 17.8 Å². The second-order valence-electron chi connectivity index (χ2n) is 5.03. The molecule has 1 aromatic carbocycles. The van der Waals surface area contributed by atoms with Crippen molar-refractivity contribution >= 4 is 11.7 Å². The largest absolute Gasteiger partial charge is 0.462 e. The zero-order chi connectivity index (χ0) is 14.0. The van der Waals surface area contributed by atoms with Crippen molar-refractivity contribution < 1.29 is 18.3 Å². The maximum Gasteiger partial charge on any atom is 0.338 e. The second kappa shape index (κ2) is 5.15.